The van der Waals surface area contributed by atoms with Gasteiger partial charge in [-0.2, -0.15) is 5.10 Å². The Morgan fingerprint density at radius 3 is 2.55 bits per heavy atom. The van der Waals surface area contributed by atoms with Gasteiger partial charge in [0.25, 0.3) is 0 Å². The molecule has 3 heterocycles. The Hall–Kier alpha value is -3.16. The minimum Gasteiger partial charge on any atom is -0.334 e. The zero-order chi connectivity index (χ0) is 22.9. The van der Waals surface area contributed by atoms with Crippen LogP contribution in [0.5, 0.6) is 0 Å². The molecule has 1 saturated carbocycles. The number of hydrogen-bond acceptors (Lipinski definition) is 4. The molecule has 1 aromatic carbocycles. The molecule has 1 unspecified atom stereocenters. The highest BCUT2D eigenvalue weighted by Crippen LogP contribution is 2.35. The van der Waals surface area contributed by atoms with Crippen LogP contribution in [0.15, 0.2) is 30.3 Å². The fourth-order valence-electron chi connectivity index (χ4n) is 5.34. The Morgan fingerprint density at radius 1 is 1.06 bits per heavy atom. The number of urea groups is 1. The predicted molar refractivity (Wildman–Crippen MR) is 126 cm³/mol. The largest absolute Gasteiger partial charge is 0.334 e. The molecule has 1 aliphatic carbocycles. The van der Waals surface area contributed by atoms with Gasteiger partial charge in [0, 0.05) is 36.8 Å². The lowest BCUT2D eigenvalue weighted by Crippen LogP contribution is -2.46. The van der Waals surface area contributed by atoms with Gasteiger partial charge >= 0.3 is 6.03 Å². The Bertz CT molecular complexity index is 1130. The molecule has 5 rings (SSSR count). The third-order valence-electron chi connectivity index (χ3n) is 7.32. The van der Waals surface area contributed by atoms with Gasteiger partial charge < -0.3 is 14.8 Å². The lowest BCUT2D eigenvalue weighted by Gasteiger charge is -2.34. The van der Waals surface area contributed by atoms with Crippen molar-refractivity contribution in [3.05, 3.63) is 64.5 Å². The molecule has 1 fully saturated rings. The Labute approximate surface area is 195 Å². The monoisotopic (exact) mass is 447 g/mol. The normalized spacial score (nSPS) is 18.5. The summed E-state index contributed by atoms with van der Waals surface area (Å²) in [6.45, 7) is 8.75. The number of aromatic nitrogens is 5. The van der Waals surface area contributed by atoms with Gasteiger partial charge in [-0.25, -0.2) is 4.79 Å². The van der Waals surface area contributed by atoms with Crippen molar-refractivity contribution in [3.8, 4) is 0 Å². The SMILES string of the molecule is Cc1nn(Cc2ccccc2)c(C)c1CNC(=O)N1CCn2c(C3CCCC3)nnc2C1C. The molecule has 8 heteroatoms. The van der Waals surface area contributed by atoms with Crippen LogP contribution in [0.25, 0.3) is 0 Å². The van der Waals surface area contributed by atoms with Crippen molar-refractivity contribution >= 4 is 6.03 Å². The topological polar surface area (TPSA) is 80.9 Å². The summed E-state index contributed by atoms with van der Waals surface area (Å²) in [6.07, 6.45) is 4.95. The zero-order valence-corrected chi connectivity index (χ0v) is 19.8. The van der Waals surface area contributed by atoms with Crippen molar-refractivity contribution in [1.29, 1.82) is 0 Å². The second-order valence-electron chi connectivity index (χ2n) is 9.37. The molecule has 1 atom stereocenters. The molecule has 2 aliphatic rings. The van der Waals surface area contributed by atoms with E-state index < -0.39 is 0 Å². The first-order valence-electron chi connectivity index (χ1n) is 12.1. The average Bonchev–Trinajstić information content (AvgIpc) is 3.54. The van der Waals surface area contributed by atoms with Gasteiger partial charge in [0.15, 0.2) is 5.82 Å². The van der Waals surface area contributed by atoms with Crippen molar-refractivity contribution in [2.45, 2.75) is 78.0 Å². The van der Waals surface area contributed by atoms with Crippen LogP contribution in [-0.2, 0) is 19.6 Å². The highest BCUT2D eigenvalue weighted by molar-refractivity contribution is 5.74. The van der Waals surface area contributed by atoms with Crippen LogP contribution in [0, 0.1) is 13.8 Å². The molecule has 2 aromatic heterocycles. The summed E-state index contributed by atoms with van der Waals surface area (Å²) in [6, 6.07) is 10.2. The number of benzene rings is 1. The first-order chi connectivity index (χ1) is 16.0. The Kier molecular flexibility index (Phi) is 5.91. The van der Waals surface area contributed by atoms with Crippen molar-refractivity contribution in [2.24, 2.45) is 0 Å². The molecule has 8 nitrogen and oxygen atoms in total. The molecule has 174 valence electrons. The van der Waals surface area contributed by atoms with E-state index in [9.17, 15) is 4.79 Å². The first-order valence-corrected chi connectivity index (χ1v) is 12.1. The molecule has 0 bridgehead atoms. The van der Waals surface area contributed by atoms with Gasteiger partial charge in [0.05, 0.1) is 18.3 Å². The summed E-state index contributed by atoms with van der Waals surface area (Å²) in [5, 5.41) is 16.8. The lowest BCUT2D eigenvalue weighted by atomic mass is 10.1. The standard InChI is InChI=1S/C25H33N7O/c1-17-22(18(2)32(29-17)16-20-9-5-4-6-10-20)15-26-25(33)30-13-14-31-23(19(30)3)27-28-24(31)21-11-7-8-12-21/h4-6,9-10,19,21H,7-8,11-16H2,1-3H3,(H,26,33). The van der Waals surface area contributed by atoms with E-state index in [0.717, 1.165) is 41.7 Å². The number of nitrogens with one attached hydrogen (secondary N) is 1. The van der Waals surface area contributed by atoms with Crippen LogP contribution in [0.2, 0.25) is 0 Å². The van der Waals surface area contributed by atoms with Crippen molar-refractivity contribution in [1.82, 2.24) is 34.8 Å². The summed E-state index contributed by atoms with van der Waals surface area (Å²) in [5.41, 5.74) is 4.33. The highest BCUT2D eigenvalue weighted by Gasteiger charge is 2.33. The van der Waals surface area contributed by atoms with E-state index in [1.165, 1.54) is 31.2 Å². The smallest absolute Gasteiger partial charge is 0.318 e. The van der Waals surface area contributed by atoms with E-state index in [0.29, 0.717) is 19.0 Å². The van der Waals surface area contributed by atoms with Gasteiger partial charge in [-0.15, -0.1) is 10.2 Å². The first kappa shape index (κ1) is 21.7. The number of rotatable bonds is 5. The number of hydrogen-bond donors (Lipinski definition) is 1. The summed E-state index contributed by atoms with van der Waals surface area (Å²) in [7, 11) is 0. The fraction of sp³-hybridized carbons (Fsp3) is 0.520. The summed E-state index contributed by atoms with van der Waals surface area (Å²) in [4.78, 5) is 15.0. The van der Waals surface area contributed by atoms with E-state index in [-0.39, 0.29) is 12.1 Å². The molecular formula is C25H33N7O. The number of carbonyl (C=O) groups is 1. The van der Waals surface area contributed by atoms with Gasteiger partial charge in [-0.1, -0.05) is 43.2 Å². The van der Waals surface area contributed by atoms with Gasteiger partial charge in [-0.05, 0) is 39.2 Å². The number of nitrogens with zero attached hydrogens (tertiary/aromatic N) is 6. The lowest BCUT2D eigenvalue weighted by molar-refractivity contribution is 0.158. The second kappa shape index (κ2) is 9.00. The van der Waals surface area contributed by atoms with E-state index in [4.69, 9.17) is 5.10 Å². The molecule has 0 spiro atoms. The quantitative estimate of drug-likeness (QED) is 0.639. The maximum Gasteiger partial charge on any atom is 0.318 e. The van der Waals surface area contributed by atoms with Gasteiger partial charge in [0.1, 0.15) is 5.82 Å². The van der Waals surface area contributed by atoms with Crippen molar-refractivity contribution < 1.29 is 4.79 Å². The van der Waals surface area contributed by atoms with E-state index in [2.05, 4.69) is 39.1 Å². The maximum atomic E-state index is 13.1. The highest BCUT2D eigenvalue weighted by atomic mass is 16.2. The number of fused-ring (bicyclic) bond motifs is 1. The molecule has 2 amide bonds. The van der Waals surface area contributed by atoms with Crippen LogP contribution in [0.4, 0.5) is 4.79 Å². The van der Waals surface area contributed by atoms with Crippen LogP contribution >= 0.6 is 0 Å². The summed E-state index contributed by atoms with van der Waals surface area (Å²) < 4.78 is 4.27. The van der Waals surface area contributed by atoms with Crippen molar-refractivity contribution in [3.63, 3.8) is 0 Å². The molecule has 1 aliphatic heterocycles. The second-order valence-corrected chi connectivity index (χ2v) is 9.37. The number of carbonyl (C=O) groups excluding carboxylic acids is 1. The Morgan fingerprint density at radius 2 is 1.79 bits per heavy atom. The minimum atomic E-state index is -0.0931. The predicted octanol–water partition coefficient (Wildman–Crippen LogP) is 4.08. The number of aryl methyl sites for hydroxylation is 1. The fourth-order valence-corrected chi connectivity index (χ4v) is 5.34. The third kappa shape index (κ3) is 4.14. The van der Waals surface area contributed by atoms with E-state index >= 15 is 0 Å². The summed E-state index contributed by atoms with van der Waals surface area (Å²) >= 11 is 0. The van der Waals surface area contributed by atoms with Crippen LogP contribution < -0.4 is 5.32 Å². The molecule has 0 radical (unpaired) electrons. The van der Waals surface area contributed by atoms with E-state index in [1.54, 1.807) is 0 Å². The van der Waals surface area contributed by atoms with Crippen LogP contribution in [0.1, 0.15) is 78.7 Å². The van der Waals surface area contributed by atoms with E-state index in [1.807, 2.05) is 41.6 Å². The van der Waals surface area contributed by atoms with Crippen LogP contribution in [-0.4, -0.2) is 42.0 Å². The molecular weight excluding hydrogens is 414 g/mol. The minimum absolute atomic E-state index is 0.0613. The van der Waals surface area contributed by atoms with Crippen molar-refractivity contribution in [2.75, 3.05) is 6.54 Å². The Balaban J connectivity index is 1.25. The maximum absolute atomic E-state index is 13.1. The summed E-state index contributed by atoms with van der Waals surface area (Å²) in [5.74, 6) is 2.55. The zero-order valence-electron chi connectivity index (χ0n) is 19.8. The van der Waals surface area contributed by atoms with Gasteiger partial charge in [0.2, 0.25) is 0 Å². The van der Waals surface area contributed by atoms with Gasteiger partial charge in [-0.3, -0.25) is 4.68 Å². The molecule has 3 aromatic rings. The van der Waals surface area contributed by atoms with Crippen LogP contribution in [0.3, 0.4) is 0 Å². The third-order valence-corrected chi connectivity index (χ3v) is 7.32. The molecule has 0 saturated heterocycles. The molecule has 1 N–H and O–H groups in total. The average molecular weight is 448 g/mol. The number of amides is 2. The molecule has 33 heavy (non-hydrogen) atoms.